The van der Waals surface area contributed by atoms with Gasteiger partial charge in [-0.2, -0.15) is 5.10 Å². The second-order valence-electron chi connectivity index (χ2n) is 6.55. The molecule has 3 heterocycles. The minimum absolute atomic E-state index is 0.173. The van der Waals surface area contributed by atoms with Crippen LogP contribution in [0.1, 0.15) is 27.2 Å². The van der Waals surface area contributed by atoms with Crippen LogP contribution in [0.25, 0.3) is 10.2 Å². The number of carbonyl (C=O) groups is 1. The fourth-order valence-corrected chi connectivity index (χ4v) is 4.18. The van der Waals surface area contributed by atoms with Gasteiger partial charge in [0.15, 0.2) is 10.8 Å². The van der Waals surface area contributed by atoms with Gasteiger partial charge in [-0.25, -0.2) is 4.98 Å². The van der Waals surface area contributed by atoms with Gasteiger partial charge in [0.25, 0.3) is 5.91 Å². The lowest BCUT2D eigenvalue weighted by Crippen LogP contribution is -2.30. The summed E-state index contributed by atoms with van der Waals surface area (Å²) in [5, 5.41) is 4.94. The Hall–Kier alpha value is -3.06. The number of carbonyl (C=O) groups excluding carboxylic acids is 1. The summed E-state index contributed by atoms with van der Waals surface area (Å²) in [5.74, 6) is -0.173. The maximum absolute atomic E-state index is 13.2. The minimum Gasteiger partial charge on any atom is -0.278 e. The van der Waals surface area contributed by atoms with Crippen molar-refractivity contribution in [3.63, 3.8) is 0 Å². The molecule has 1 amide bonds. The Kier molecular flexibility index (Phi) is 4.45. The number of hydrogen-bond acceptors (Lipinski definition) is 5. The third-order valence-electron chi connectivity index (χ3n) is 4.29. The number of rotatable bonds is 4. The number of thiazole rings is 1. The Morgan fingerprint density at radius 2 is 2.11 bits per heavy atom. The number of aromatic nitrogens is 4. The third-order valence-corrected chi connectivity index (χ3v) is 5.32. The number of hydrogen-bond donors (Lipinski definition) is 0. The van der Waals surface area contributed by atoms with Gasteiger partial charge in [0.1, 0.15) is 0 Å². The number of benzene rings is 1. The minimum atomic E-state index is -0.173. The van der Waals surface area contributed by atoms with Crippen LogP contribution in [0.5, 0.6) is 0 Å². The van der Waals surface area contributed by atoms with Crippen molar-refractivity contribution in [1.29, 1.82) is 0 Å². The van der Waals surface area contributed by atoms with Gasteiger partial charge in [-0.15, -0.1) is 0 Å². The SMILES string of the molecule is Cc1cc(C)c2nc(N(Cc3cccnc3)C(=O)c3ccn(C)n3)sc2c1. The van der Waals surface area contributed by atoms with Crippen molar-refractivity contribution in [2.24, 2.45) is 7.05 Å². The predicted octanol–water partition coefficient (Wildman–Crippen LogP) is 3.89. The van der Waals surface area contributed by atoms with Gasteiger partial charge >= 0.3 is 0 Å². The Labute approximate surface area is 161 Å². The average Bonchev–Trinajstić information content (AvgIpc) is 3.26. The molecule has 4 aromatic rings. The molecule has 0 saturated heterocycles. The summed E-state index contributed by atoms with van der Waals surface area (Å²) < 4.78 is 2.70. The molecule has 0 saturated carbocycles. The molecule has 0 aliphatic carbocycles. The van der Waals surface area contributed by atoms with Crippen molar-refractivity contribution < 1.29 is 4.79 Å². The molecule has 136 valence electrons. The van der Waals surface area contributed by atoms with E-state index in [1.807, 2.05) is 19.1 Å². The summed E-state index contributed by atoms with van der Waals surface area (Å²) in [4.78, 5) is 23.8. The molecular weight excluding hydrogens is 358 g/mol. The molecule has 1 aromatic carbocycles. The Morgan fingerprint density at radius 1 is 1.26 bits per heavy atom. The van der Waals surface area contributed by atoms with E-state index in [9.17, 15) is 4.79 Å². The molecule has 27 heavy (non-hydrogen) atoms. The number of aryl methyl sites for hydroxylation is 3. The second-order valence-corrected chi connectivity index (χ2v) is 7.56. The van der Waals surface area contributed by atoms with Gasteiger partial charge in [0, 0.05) is 25.6 Å². The topological polar surface area (TPSA) is 63.9 Å². The average molecular weight is 377 g/mol. The summed E-state index contributed by atoms with van der Waals surface area (Å²) >= 11 is 1.52. The van der Waals surface area contributed by atoms with Crippen LogP contribution in [0.4, 0.5) is 5.13 Å². The summed E-state index contributed by atoms with van der Waals surface area (Å²) in [5.41, 5.74) is 4.57. The number of nitrogens with zero attached hydrogens (tertiary/aromatic N) is 5. The molecule has 6 nitrogen and oxygen atoms in total. The smallest absolute Gasteiger partial charge is 0.278 e. The molecular formula is C20H19N5OS. The quantitative estimate of drug-likeness (QED) is 0.541. The number of anilines is 1. The molecule has 3 aromatic heterocycles. The van der Waals surface area contributed by atoms with Crippen LogP contribution in [0, 0.1) is 13.8 Å². The number of pyridine rings is 1. The molecule has 0 aliphatic rings. The molecule has 0 bridgehead atoms. The van der Waals surface area contributed by atoms with Gasteiger partial charge in [-0.05, 0) is 48.7 Å². The first-order valence-electron chi connectivity index (χ1n) is 8.59. The van der Waals surface area contributed by atoms with Crippen molar-refractivity contribution in [2.75, 3.05) is 4.90 Å². The van der Waals surface area contributed by atoms with Crippen LogP contribution in [0.3, 0.4) is 0 Å². The second kappa shape index (κ2) is 6.92. The highest BCUT2D eigenvalue weighted by molar-refractivity contribution is 7.22. The molecule has 0 unspecified atom stereocenters. The van der Waals surface area contributed by atoms with Crippen LogP contribution in [0.2, 0.25) is 0 Å². The predicted molar refractivity (Wildman–Crippen MR) is 107 cm³/mol. The Balaban J connectivity index is 1.79. The maximum atomic E-state index is 13.2. The van der Waals surface area contributed by atoms with E-state index >= 15 is 0 Å². The van der Waals surface area contributed by atoms with Gasteiger partial charge in [0.2, 0.25) is 0 Å². The van der Waals surface area contributed by atoms with Crippen LogP contribution < -0.4 is 4.90 Å². The van der Waals surface area contributed by atoms with E-state index in [1.165, 1.54) is 16.9 Å². The monoisotopic (exact) mass is 377 g/mol. The van der Waals surface area contributed by atoms with E-state index < -0.39 is 0 Å². The molecule has 7 heteroatoms. The summed E-state index contributed by atoms with van der Waals surface area (Å²) in [6, 6.07) is 9.76. The highest BCUT2D eigenvalue weighted by Crippen LogP contribution is 2.33. The van der Waals surface area contributed by atoms with Crippen molar-refractivity contribution >= 4 is 32.6 Å². The Bertz CT molecular complexity index is 1120. The number of amides is 1. The lowest BCUT2D eigenvalue weighted by atomic mass is 10.1. The summed E-state index contributed by atoms with van der Waals surface area (Å²) in [6.07, 6.45) is 5.25. The summed E-state index contributed by atoms with van der Waals surface area (Å²) in [6.45, 7) is 4.50. The normalized spacial score (nSPS) is 11.1. The first-order valence-corrected chi connectivity index (χ1v) is 9.41. The van der Waals surface area contributed by atoms with Gasteiger partial charge in [0.05, 0.1) is 16.8 Å². The molecule has 0 atom stereocenters. The van der Waals surface area contributed by atoms with Crippen molar-refractivity contribution in [1.82, 2.24) is 19.7 Å². The van der Waals surface area contributed by atoms with Crippen molar-refractivity contribution in [3.8, 4) is 0 Å². The molecule has 0 spiro atoms. The van der Waals surface area contributed by atoms with Gasteiger partial charge in [-0.3, -0.25) is 19.4 Å². The largest absolute Gasteiger partial charge is 0.280 e. The molecule has 0 fully saturated rings. The lowest BCUT2D eigenvalue weighted by molar-refractivity contribution is 0.0979. The maximum Gasteiger partial charge on any atom is 0.280 e. The highest BCUT2D eigenvalue weighted by Gasteiger charge is 2.24. The van der Waals surface area contributed by atoms with E-state index in [-0.39, 0.29) is 5.91 Å². The zero-order chi connectivity index (χ0) is 19.0. The van der Waals surface area contributed by atoms with Gasteiger partial charge < -0.3 is 0 Å². The van der Waals surface area contributed by atoms with E-state index in [0.717, 1.165) is 21.3 Å². The fraction of sp³-hybridized carbons (Fsp3) is 0.200. The standard InChI is InChI=1S/C20H19N5OS/c1-13-9-14(2)18-17(10-13)27-20(22-18)25(12-15-5-4-7-21-11-15)19(26)16-6-8-24(3)23-16/h4-11H,12H2,1-3H3. The fourth-order valence-electron chi connectivity index (χ4n) is 3.04. The third kappa shape index (κ3) is 3.46. The highest BCUT2D eigenvalue weighted by atomic mass is 32.1. The molecule has 0 radical (unpaired) electrons. The molecule has 0 N–H and O–H groups in total. The van der Waals surface area contributed by atoms with Crippen LogP contribution >= 0.6 is 11.3 Å². The van der Waals surface area contributed by atoms with E-state index in [4.69, 9.17) is 4.98 Å². The van der Waals surface area contributed by atoms with Crippen LogP contribution in [0.15, 0.2) is 48.9 Å². The zero-order valence-electron chi connectivity index (χ0n) is 15.4. The van der Waals surface area contributed by atoms with Crippen molar-refractivity contribution in [2.45, 2.75) is 20.4 Å². The lowest BCUT2D eigenvalue weighted by Gasteiger charge is -2.18. The Morgan fingerprint density at radius 3 is 2.81 bits per heavy atom. The van der Waals surface area contributed by atoms with Crippen LogP contribution in [-0.2, 0) is 13.6 Å². The zero-order valence-corrected chi connectivity index (χ0v) is 16.2. The summed E-state index contributed by atoms with van der Waals surface area (Å²) in [7, 11) is 1.80. The first kappa shape index (κ1) is 17.4. The van der Waals surface area contributed by atoms with Crippen LogP contribution in [-0.4, -0.2) is 25.7 Å². The molecule has 4 rings (SSSR count). The number of fused-ring (bicyclic) bond motifs is 1. The van der Waals surface area contributed by atoms with Crippen molar-refractivity contribution in [3.05, 3.63) is 71.3 Å². The van der Waals surface area contributed by atoms with E-state index in [0.29, 0.717) is 17.4 Å². The molecule has 0 aliphatic heterocycles. The van der Waals surface area contributed by atoms with E-state index in [1.54, 1.807) is 41.3 Å². The van der Waals surface area contributed by atoms with E-state index in [2.05, 4.69) is 29.1 Å². The first-order chi connectivity index (χ1) is 13.0. The van der Waals surface area contributed by atoms with Gasteiger partial charge in [-0.1, -0.05) is 23.5 Å².